The van der Waals surface area contributed by atoms with Crippen molar-refractivity contribution >= 4 is 28.8 Å². The van der Waals surface area contributed by atoms with Crippen LogP contribution in [-0.2, 0) is 10.2 Å². The predicted octanol–water partition coefficient (Wildman–Crippen LogP) is 4.32. The Bertz CT molecular complexity index is 704. The van der Waals surface area contributed by atoms with Gasteiger partial charge >= 0.3 is 0 Å². The average molecular weight is 335 g/mol. The lowest BCUT2D eigenvalue weighted by molar-refractivity contribution is -0.124. The highest BCUT2D eigenvalue weighted by molar-refractivity contribution is 7.11. The Morgan fingerprint density at radius 3 is 2.45 bits per heavy atom. The fourth-order valence-corrected chi connectivity index (χ4v) is 3.93. The molecule has 3 nitrogen and oxygen atoms in total. The number of aromatic nitrogens is 1. The van der Waals surface area contributed by atoms with Crippen LogP contribution in [-0.4, -0.2) is 10.9 Å². The van der Waals surface area contributed by atoms with E-state index in [-0.39, 0.29) is 17.4 Å². The third kappa shape index (κ3) is 2.77. The lowest BCUT2D eigenvalue weighted by atomic mass is 9.94. The van der Waals surface area contributed by atoms with Gasteiger partial charge in [0.05, 0.1) is 22.2 Å². The van der Waals surface area contributed by atoms with E-state index in [1.165, 1.54) is 4.88 Å². The van der Waals surface area contributed by atoms with Gasteiger partial charge < -0.3 is 5.32 Å². The molecule has 3 rings (SSSR count). The second kappa shape index (κ2) is 5.67. The third-order valence-corrected chi connectivity index (χ3v) is 5.43. The summed E-state index contributed by atoms with van der Waals surface area (Å²) in [5.74, 6) is 0.0902. The number of benzene rings is 1. The number of nitrogens with one attached hydrogen (secondary N) is 1. The summed E-state index contributed by atoms with van der Waals surface area (Å²) >= 11 is 7.61. The van der Waals surface area contributed by atoms with E-state index in [0.29, 0.717) is 5.02 Å². The number of nitrogens with zero attached hydrogens (tertiary/aromatic N) is 1. The lowest BCUT2D eigenvalue weighted by Gasteiger charge is -2.19. The molecule has 1 amide bonds. The number of rotatable bonds is 4. The Morgan fingerprint density at radius 1 is 1.32 bits per heavy atom. The van der Waals surface area contributed by atoms with Gasteiger partial charge in [-0.15, -0.1) is 11.3 Å². The Morgan fingerprint density at radius 2 is 1.95 bits per heavy atom. The summed E-state index contributed by atoms with van der Waals surface area (Å²) in [5.41, 5.74) is 1.65. The first kappa shape index (κ1) is 15.5. The van der Waals surface area contributed by atoms with Crippen molar-refractivity contribution in [2.24, 2.45) is 0 Å². The van der Waals surface area contributed by atoms with Crippen LogP contribution < -0.4 is 5.32 Å². The maximum absolute atomic E-state index is 12.7. The minimum absolute atomic E-state index is 0.0674. The van der Waals surface area contributed by atoms with Crippen molar-refractivity contribution in [1.82, 2.24) is 10.3 Å². The highest BCUT2D eigenvalue weighted by Crippen LogP contribution is 2.49. The summed E-state index contributed by atoms with van der Waals surface area (Å²) in [5, 5.41) is 4.87. The quantitative estimate of drug-likeness (QED) is 0.904. The molecule has 2 aromatic rings. The minimum Gasteiger partial charge on any atom is -0.347 e. The predicted molar refractivity (Wildman–Crippen MR) is 90.5 cm³/mol. The van der Waals surface area contributed by atoms with Crippen molar-refractivity contribution in [1.29, 1.82) is 0 Å². The summed E-state index contributed by atoms with van der Waals surface area (Å²) in [7, 11) is 0. The lowest BCUT2D eigenvalue weighted by Crippen LogP contribution is -2.36. The molecule has 1 aromatic heterocycles. The number of amides is 1. The molecule has 1 fully saturated rings. The Labute approximate surface area is 139 Å². The van der Waals surface area contributed by atoms with E-state index in [1.54, 1.807) is 11.3 Å². The molecular weight excluding hydrogens is 316 g/mol. The Balaban J connectivity index is 1.77. The smallest absolute Gasteiger partial charge is 0.231 e. The van der Waals surface area contributed by atoms with Gasteiger partial charge in [-0.2, -0.15) is 0 Å². The van der Waals surface area contributed by atoms with Crippen LogP contribution >= 0.6 is 22.9 Å². The maximum Gasteiger partial charge on any atom is 0.231 e. The van der Waals surface area contributed by atoms with Gasteiger partial charge in [0, 0.05) is 9.90 Å². The van der Waals surface area contributed by atoms with Crippen molar-refractivity contribution in [3.63, 3.8) is 0 Å². The van der Waals surface area contributed by atoms with E-state index in [0.717, 1.165) is 29.1 Å². The highest BCUT2D eigenvalue weighted by Gasteiger charge is 2.51. The topological polar surface area (TPSA) is 42.0 Å². The Kier molecular flexibility index (Phi) is 4.00. The van der Waals surface area contributed by atoms with Crippen LogP contribution in [0.4, 0.5) is 0 Å². The summed E-state index contributed by atoms with van der Waals surface area (Å²) in [6.45, 7) is 6.04. The van der Waals surface area contributed by atoms with Gasteiger partial charge in [0.25, 0.3) is 0 Å². The van der Waals surface area contributed by atoms with Crippen LogP contribution in [0.25, 0.3) is 0 Å². The maximum atomic E-state index is 12.7. The molecule has 22 heavy (non-hydrogen) atoms. The number of thiazole rings is 1. The molecule has 1 aromatic carbocycles. The van der Waals surface area contributed by atoms with Gasteiger partial charge in [0.1, 0.15) is 0 Å². The molecule has 1 aliphatic carbocycles. The molecule has 1 aliphatic rings. The molecule has 0 unspecified atom stereocenters. The van der Waals surface area contributed by atoms with E-state index in [2.05, 4.69) is 17.2 Å². The number of aryl methyl sites for hydroxylation is 2. The number of hydrogen-bond donors (Lipinski definition) is 1. The van der Waals surface area contributed by atoms with Crippen molar-refractivity contribution in [3.05, 3.63) is 50.4 Å². The molecular formula is C17H19ClN2OS. The van der Waals surface area contributed by atoms with E-state index in [9.17, 15) is 4.79 Å². The molecule has 1 saturated carbocycles. The van der Waals surface area contributed by atoms with Crippen LogP contribution in [0.3, 0.4) is 0 Å². The molecule has 0 saturated heterocycles. The van der Waals surface area contributed by atoms with E-state index in [4.69, 9.17) is 11.6 Å². The standard InChI is InChI=1S/C17H19ClN2OS/c1-10(15-11(2)22-12(3)20-15)19-16(21)17(8-9-17)13-4-6-14(18)7-5-13/h4-7,10H,8-9H2,1-3H3,(H,19,21)/t10-/m0/s1. The second-order valence-electron chi connectivity index (χ2n) is 5.96. The van der Waals surface area contributed by atoms with Gasteiger partial charge in [-0.3, -0.25) is 4.79 Å². The molecule has 5 heteroatoms. The molecule has 0 spiro atoms. The third-order valence-electron chi connectivity index (χ3n) is 4.28. The largest absolute Gasteiger partial charge is 0.347 e. The van der Waals surface area contributed by atoms with Crippen LogP contribution in [0.5, 0.6) is 0 Å². The number of carbonyl (C=O) groups excluding carboxylic acids is 1. The fraction of sp³-hybridized carbons (Fsp3) is 0.412. The normalized spacial score (nSPS) is 17.1. The summed E-state index contributed by atoms with van der Waals surface area (Å²) in [6.07, 6.45) is 1.78. The first-order valence-electron chi connectivity index (χ1n) is 7.43. The van der Waals surface area contributed by atoms with Crippen molar-refractivity contribution in [3.8, 4) is 0 Å². The van der Waals surface area contributed by atoms with E-state index in [1.807, 2.05) is 38.1 Å². The SMILES string of the molecule is Cc1nc([C@H](C)NC(=O)C2(c3ccc(Cl)cc3)CC2)c(C)s1. The molecule has 1 heterocycles. The molecule has 1 atom stereocenters. The summed E-state index contributed by atoms with van der Waals surface area (Å²) in [6, 6.07) is 7.54. The summed E-state index contributed by atoms with van der Waals surface area (Å²) < 4.78 is 0. The monoisotopic (exact) mass is 334 g/mol. The molecule has 0 bridgehead atoms. The zero-order valence-corrected chi connectivity index (χ0v) is 14.5. The van der Waals surface area contributed by atoms with Gasteiger partial charge in [0.2, 0.25) is 5.91 Å². The molecule has 0 aliphatic heterocycles. The van der Waals surface area contributed by atoms with Crippen molar-refractivity contribution < 1.29 is 4.79 Å². The molecule has 0 radical (unpaired) electrons. The highest BCUT2D eigenvalue weighted by atomic mass is 35.5. The second-order valence-corrected chi connectivity index (χ2v) is 7.80. The van der Waals surface area contributed by atoms with Crippen molar-refractivity contribution in [2.45, 2.75) is 45.1 Å². The zero-order valence-electron chi connectivity index (χ0n) is 12.9. The number of carbonyl (C=O) groups is 1. The van der Waals surface area contributed by atoms with E-state index >= 15 is 0 Å². The van der Waals surface area contributed by atoms with Crippen LogP contribution in [0.1, 0.15) is 46.9 Å². The number of hydrogen-bond acceptors (Lipinski definition) is 3. The fourth-order valence-electron chi connectivity index (χ4n) is 2.89. The van der Waals surface area contributed by atoms with Crippen LogP contribution in [0.2, 0.25) is 5.02 Å². The average Bonchev–Trinajstić information content (AvgIpc) is 3.20. The first-order chi connectivity index (χ1) is 10.4. The zero-order chi connectivity index (χ0) is 15.9. The van der Waals surface area contributed by atoms with Crippen LogP contribution in [0, 0.1) is 13.8 Å². The van der Waals surface area contributed by atoms with Gasteiger partial charge in [-0.1, -0.05) is 23.7 Å². The molecule has 1 N–H and O–H groups in total. The number of halogens is 1. The molecule has 116 valence electrons. The van der Waals surface area contributed by atoms with Gasteiger partial charge in [-0.05, 0) is 51.3 Å². The minimum atomic E-state index is -0.377. The van der Waals surface area contributed by atoms with Crippen LogP contribution in [0.15, 0.2) is 24.3 Å². The summed E-state index contributed by atoms with van der Waals surface area (Å²) in [4.78, 5) is 18.5. The van der Waals surface area contributed by atoms with E-state index < -0.39 is 0 Å². The Hall–Kier alpha value is -1.39. The first-order valence-corrected chi connectivity index (χ1v) is 8.63. The van der Waals surface area contributed by atoms with Gasteiger partial charge in [0.15, 0.2) is 0 Å². The van der Waals surface area contributed by atoms with Crippen molar-refractivity contribution in [2.75, 3.05) is 0 Å². The van der Waals surface area contributed by atoms with Gasteiger partial charge in [-0.25, -0.2) is 4.98 Å².